The van der Waals surface area contributed by atoms with Gasteiger partial charge >= 0.3 is 11.9 Å². The molecule has 2 unspecified atom stereocenters. The van der Waals surface area contributed by atoms with E-state index in [9.17, 15) is 19.8 Å². The zero-order valence-corrected chi connectivity index (χ0v) is 18.3. The van der Waals surface area contributed by atoms with Crippen LogP contribution in [-0.4, -0.2) is 27.3 Å². The fourth-order valence-corrected chi connectivity index (χ4v) is 4.31. The average molecular weight is 427 g/mol. The van der Waals surface area contributed by atoms with Crippen LogP contribution in [0.1, 0.15) is 86.2 Å². The highest BCUT2D eigenvalue weighted by Crippen LogP contribution is 2.42. The maximum absolute atomic E-state index is 12.1. The van der Waals surface area contributed by atoms with Crippen LogP contribution in [0.3, 0.4) is 0 Å². The number of hydrogen-bond acceptors (Lipinski definition) is 3. The van der Waals surface area contributed by atoms with Gasteiger partial charge in [0, 0.05) is 6.42 Å². The second kappa shape index (κ2) is 12.3. The van der Waals surface area contributed by atoms with E-state index in [1.165, 1.54) is 0 Å². The van der Waals surface area contributed by atoms with E-state index in [0.29, 0.717) is 12.0 Å². The van der Waals surface area contributed by atoms with Gasteiger partial charge in [0.25, 0.3) is 0 Å². The first-order chi connectivity index (χ1) is 14.9. The van der Waals surface area contributed by atoms with Crippen LogP contribution in [0.25, 0.3) is 0 Å². The topological polar surface area (TPSA) is 94.8 Å². The van der Waals surface area contributed by atoms with Crippen molar-refractivity contribution < 1.29 is 24.9 Å². The Balaban J connectivity index is 2.19. The van der Waals surface area contributed by atoms with Gasteiger partial charge in [-0.25, -0.2) is 4.79 Å². The Morgan fingerprint density at radius 2 is 1.39 bits per heavy atom. The molecule has 0 saturated heterocycles. The predicted octanol–water partition coefficient (Wildman–Crippen LogP) is 5.85. The zero-order chi connectivity index (χ0) is 22.7. The minimum atomic E-state index is -1.20. The smallest absolute Gasteiger partial charge is 0.335 e. The number of carboxylic acid groups (broad SMARTS) is 2. The molecule has 2 rings (SSSR count). The van der Waals surface area contributed by atoms with Crippen molar-refractivity contribution in [1.29, 1.82) is 0 Å². The van der Waals surface area contributed by atoms with Crippen molar-refractivity contribution in [1.82, 2.24) is 0 Å². The molecule has 2 atom stereocenters. The molecule has 0 fully saturated rings. The molecule has 0 aliphatic carbocycles. The highest BCUT2D eigenvalue weighted by Gasteiger charge is 2.39. The lowest BCUT2D eigenvalue weighted by molar-refractivity contribution is -0.137. The van der Waals surface area contributed by atoms with E-state index in [2.05, 4.69) is 6.92 Å². The van der Waals surface area contributed by atoms with Gasteiger partial charge in [-0.2, -0.15) is 0 Å². The molecule has 0 aliphatic heterocycles. The molecule has 31 heavy (non-hydrogen) atoms. The number of aliphatic carboxylic acids is 1. The molecule has 0 radical (unpaired) electrons. The summed E-state index contributed by atoms with van der Waals surface area (Å²) in [6.07, 6.45) is 7.42. The average Bonchev–Trinajstić information content (AvgIpc) is 2.77. The van der Waals surface area contributed by atoms with Crippen molar-refractivity contribution in [3.8, 4) is 0 Å². The number of carboxylic acids is 2. The molecule has 168 valence electrons. The van der Waals surface area contributed by atoms with Crippen molar-refractivity contribution in [2.24, 2.45) is 5.92 Å². The number of aliphatic hydroxyl groups is 1. The van der Waals surface area contributed by atoms with Crippen LogP contribution in [0.2, 0.25) is 0 Å². The van der Waals surface area contributed by atoms with Gasteiger partial charge in [-0.15, -0.1) is 0 Å². The lowest BCUT2D eigenvalue weighted by atomic mass is 9.72. The van der Waals surface area contributed by atoms with E-state index in [1.807, 2.05) is 30.3 Å². The van der Waals surface area contributed by atoms with E-state index in [1.54, 1.807) is 24.3 Å². The second-order valence-electron chi connectivity index (χ2n) is 8.20. The van der Waals surface area contributed by atoms with Gasteiger partial charge in [0.15, 0.2) is 0 Å². The number of rotatable bonds is 14. The Labute approximate surface area is 184 Å². The third-order valence-corrected chi connectivity index (χ3v) is 5.96. The maximum atomic E-state index is 12.1. The summed E-state index contributed by atoms with van der Waals surface area (Å²) in [6, 6.07) is 16.2. The first-order valence-electron chi connectivity index (χ1n) is 11.2. The molecule has 0 spiro atoms. The Morgan fingerprint density at radius 1 is 0.806 bits per heavy atom. The van der Waals surface area contributed by atoms with Gasteiger partial charge in [0.1, 0.15) is 5.60 Å². The predicted molar refractivity (Wildman–Crippen MR) is 121 cm³/mol. The normalized spacial score (nSPS) is 14.0. The van der Waals surface area contributed by atoms with Crippen molar-refractivity contribution >= 4 is 11.9 Å². The number of aromatic carboxylic acids is 1. The molecule has 2 aromatic carbocycles. The monoisotopic (exact) mass is 426 g/mol. The number of carbonyl (C=O) groups is 2. The van der Waals surface area contributed by atoms with Crippen molar-refractivity contribution in [3.63, 3.8) is 0 Å². The second-order valence-corrected chi connectivity index (χ2v) is 8.20. The largest absolute Gasteiger partial charge is 0.481 e. The molecule has 0 amide bonds. The summed E-state index contributed by atoms with van der Waals surface area (Å²) in [6.45, 7) is 2.11. The van der Waals surface area contributed by atoms with Crippen LogP contribution in [0.5, 0.6) is 0 Å². The Kier molecular flexibility index (Phi) is 9.73. The molecule has 2 aromatic rings. The van der Waals surface area contributed by atoms with Gasteiger partial charge in [-0.05, 0) is 48.4 Å². The molecule has 0 saturated carbocycles. The SMILES string of the molecule is CCCC(CCCCCCCC(=O)O)C(O)(c1ccccc1)c1ccc(C(=O)O)cc1. The lowest BCUT2D eigenvalue weighted by Crippen LogP contribution is -2.36. The molecule has 0 aliphatic rings. The molecular formula is C26H34O5. The van der Waals surface area contributed by atoms with Crippen LogP contribution < -0.4 is 0 Å². The molecule has 0 heterocycles. The van der Waals surface area contributed by atoms with Gasteiger partial charge in [-0.1, -0.05) is 81.5 Å². The minimum absolute atomic E-state index is 0.00500. The summed E-state index contributed by atoms with van der Waals surface area (Å²) in [5.74, 6) is -1.73. The summed E-state index contributed by atoms with van der Waals surface area (Å²) >= 11 is 0. The van der Waals surface area contributed by atoms with Crippen LogP contribution in [0.15, 0.2) is 54.6 Å². The fraction of sp³-hybridized carbons (Fsp3) is 0.462. The standard InChI is InChI=1S/C26H34O5/c1-2-11-21(12-7-4-3-5-10-15-24(27)28)26(31,22-13-8-6-9-14-22)23-18-16-20(17-19-23)25(29)30/h6,8-9,13-14,16-19,21,31H,2-5,7,10-12,15H2,1H3,(H,27,28)(H,29,30). The van der Waals surface area contributed by atoms with E-state index in [-0.39, 0.29) is 17.9 Å². The molecular weight excluding hydrogens is 392 g/mol. The van der Waals surface area contributed by atoms with Crippen LogP contribution in [-0.2, 0) is 10.4 Å². The van der Waals surface area contributed by atoms with E-state index >= 15 is 0 Å². The van der Waals surface area contributed by atoms with E-state index < -0.39 is 17.5 Å². The highest BCUT2D eigenvalue weighted by molar-refractivity contribution is 5.87. The molecule has 0 aromatic heterocycles. The molecule has 5 heteroatoms. The summed E-state index contributed by atoms with van der Waals surface area (Å²) in [5.41, 5.74) is 0.534. The number of benzene rings is 2. The summed E-state index contributed by atoms with van der Waals surface area (Å²) in [5, 5.41) is 30.0. The van der Waals surface area contributed by atoms with Crippen LogP contribution in [0, 0.1) is 5.92 Å². The fourth-order valence-electron chi connectivity index (χ4n) is 4.31. The molecule has 3 N–H and O–H groups in total. The Morgan fingerprint density at radius 3 is 1.97 bits per heavy atom. The van der Waals surface area contributed by atoms with E-state index in [4.69, 9.17) is 5.11 Å². The molecule has 5 nitrogen and oxygen atoms in total. The Bertz CT molecular complexity index is 815. The van der Waals surface area contributed by atoms with Crippen molar-refractivity contribution in [3.05, 3.63) is 71.3 Å². The number of hydrogen-bond donors (Lipinski definition) is 3. The zero-order valence-electron chi connectivity index (χ0n) is 18.3. The van der Waals surface area contributed by atoms with Gasteiger partial charge in [-0.3, -0.25) is 4.79 Å². The lowest BCUT2D eigenvalue weighted by Gasteiger charge is -2.38. The van der Waals surface area contributed by atoms with Gasteiger partial charge in [0.05, 0.1) is 5.56 Å². The highest BCUT2D eigenvalue weighted by atomic mass is 16.4. The summed E-state index contributed by atoms with van der Waals surface area (Å²) in [4.78, 5) is 21.9. The summed E-state index contributed by atoms with van der Waals surface area (Å²) < 4.78 is 0. The molecule has 0 bridgehead atoms. The maximum Gasteiger partial charge on any atom is 0.335 e. The quantitative estimate of drug-likeness (QED) is 0.329. The van der Waals surface area contributed by atoms with Gasteiger partial charge in [0.2, 0.25) is 0 Å². The Hall–Kier alpha value is -2.66. The van der Waals surface area contributed by atoms with Crippen molar-refractivity contribution in [2.45, 2.75) is 70.3 Å². The van der Waals surface area contributed by atoms with Crippen LogP contribution >= 0.6 is 0 Å². The third-order valence-electron chi connectivity index (χ3n) is 5.96. The first kappa shape index (κ1) is 24.6. The van der Waals surface area contributed by atoms with Crippen LogP contribution in [0.4, 0.5) is 0 Å². The minimum Gasteiger partial charge on any atom is -0.481 e. The third kappa shape index (κ3) is 6.93. The number of unbranched alkanes of at least 4 members (excludes halogenated alkanes) is 4. The first-order valence-corrected chi connectivity index (χ1v) is 11.2. The van der Waals surface area contributed by atoms with Crippen molar-refractivity contribution in [2.75, 3.05) is 0 Å². The van der Waals surface area contributed by atoms with Gasteiger partial charge < -0.3 is 15.3 Å². The van der Waals surface area contributed by atoms with E-state index in [0.717, 1.165) is 50.5 Å². The summed E-state index contributed by atoms with van der Waals surface area (Å²) in [7, 11) is 0.